The summed E-state index contributed by atoms with van der Waals surface area (Å²) in [4.78, 5) is 0. The van der Waals surface area contributed by atoms with Crippen molar-refractivity contribution in [1.29, 1.82) is 0 Å². The number of hydrogen-bond donors (Lipinski definition) is 0. The molecule has 0 N–H and O–H groups in total. The van der Waals surface area contributed by atoms with Crippen LogP contribution < -0.4 is 25.4 Å². The molecule has 7 rings (SSSR count). The van der Waals surface area contributed by atoms with Gasteiger partial charge < -0.3 is 14.0 Å². The van der Waals surface area contributed by atoms with Crippen molar-refractivity contribution in [2.24, 2.45) is 0 Å². The highest BCUT2D eigenvalue weighted by Crippen LogP contribution is 2.59. The van der Waals surface area contributed by atoms with E-state index in [2.05, 4.69) is 12.1 Å². The number of hydrogen-bond acceptors (Lipinski definition) is 3. The monoisotopic (exact) mass is 432 g/mol. The first-order chi connectivity index (χ1) is 15.7. The van der Waals surface area contributed by atoms with Gasteiger partial charge in [-0.25, -0.2) is 0 Å². The van der Waals surface area contributed by atoms with Crippen LogP contribution in [0.1, 0.15) is 0 Å². The molecule has 5 aromatic rings. The Labute approximate surface area is 185 Å². The highest BCUT2D eigenvalue weighted by atomic mass is 31.2. The van der Waals surface area contributed by atoms with Crippen molar-refractivity contribution >= 4 is 33.8 Å². The molecule has 0 amide bonds. The molecular weight excluding hydrogens is 415 g/mol. The van der Waals surface area contributed by atoms with Crippen molar-refractivity contribution in [3.05, 3.63) is 103 Å². The maximum Gasteiger partial charge on any atom is 0.185 e. The molecule has 0 saturated carbocycles. The van der Waals surface area contributed by atoms with Crippen LogP contribution in [-0.2, 0) is 4.57 Å². The van der Waals surface area contributed by atoms with Crippen molar-refractivity contribution in [3.63, 3.8) is 0 Å². The largest absolute Gasteiger partial charge is 0.456 e. The average Bonchev–Trinajstić information content (AvgIpc) is 2.84. The van der Waals surface area contributed by atoms with Gasteiger partial charge in [-0.3, -0.25) is 0 Å². The van der Waals surface area contributed by atoms with Crippen molar-refractivity contribution < 1.29 is 14.0 Å². The summed E-state index contributed by atoms with van der Waals surface area (Å²) < 4.78 is 27.9. The van der Waals surface area contributed by atoms with Gasteiger partial charge in [-0.2, -0.15) is 0 Å². The Morgan fingerprint density at radius 3 is 2.16 bits per heavy atom. The van der Waals surface area contributed by atoms with Crippen LogP contribution in [0.15, 0.2) is 103 Å². The molecule has 5 aromatic carbocycles. The second-order valence-corrected chi connectivity index (χ2v) is 10.7. The summed E-state index contributed by atoms with van der Waals surface area (Å²) >= 11 is 0. The van der Waals surface area contributed by atoms with Gasteiger partial charge in [0.25, 0.3) is 0 Å². The maximum absolute atomic E-state index is 15.1. The molecule has 0 fully saturated rings. The highest BCUT2D eigenvalue weighted by Gasteiger charge is 2.46. The lowest BCUT2D eigenvalue weighted by Gasteiger charge is -2.35. The first-order valence-electron chi connectivity index (χ1n) is 10.6. The van der Waals surface area contributed by atoms with Gasteiger partial charge in [-0.15, -0.1) is 0 Å². The van der Waals surface area contributed by atoms with E-state index in [0.717, 1.165) is 32.5 Å². The topological polar surface area (TPSA) is 35.5 Å². The molecule has 1 unspecified atom stereocenters. The van der Waals surface area contributed by atoms with E-state index in [1.54, 1.807) is 0 Å². The van der Waals surface area contributed by atoms with Crippen LogP contribution in [-0.4, -0.2) is 0 Å². The number of ether oxygens (including phenoxy) is 2. The number of para-hydroxylation sites is 1. The minimum Gasteiger partial charge on any atom is -0.456 e. The van der Waals surface area contributed by atoms with Crippen LogP contribution in [0.5, 0.6) is 23.0 Å². The lowest BCUT2D eigenvalue weighted by atomic mass is 10.0. The quantitative estimate of drug-likeness (QED) is 0.283. The van der Waals surface area contributed by atoms with Crippen molar-refractivity contribution in [1.82, 2.24) is 0 Å². The van der Waals surface area contributed by atoms with Crippen LogP contribution in [0.4, 0.5) is 0 Å². The lowest BCUT2D eigenvalue weighted by molar-refractivity contribution is 0.464. The summed E-state index contributed by atoms with van der Waals surface area (Å²) in [5.41, 5.74) is 2.02. The van der Waals surface area contributed by atoms with Gasteiger partial charge in [0.2, 0.25) is 0 Å². The normalized spacial score (nSPS) is 17.5. The fourth-order valence-corrected chi connectivity index (χ4v) is 7.88. The molecule has 32 heavy (non-hydrogen) atoms. The molecule has 0 saturated heterocycles. The maximum atomic E-state index is 15.1. The first-order valence-corrected chi connectivity index (χ1v) is 12.3. The molecule has 2 heterocycles. The molecule has 0 spiro atoms. The van der Waals surface area contributed by atoms with Crippen LogP contribution in [0, 0.1) is 0 Å². The molecule has 0 aromatic heterocycles. The van der Waals surface area contributed by atoms with Crippen molar-refractivity contribution in [2.45, 2.75) is 0 Å². The second kappa shape index (κ2) is 6.35. The molecular formula is C28H17O3P. The highest BCUT2D eigenvalue weighted by molar-refractivity contribution is 7.86. The Morgan fingerprint density at radius 2 is 1.28 bits per heavy atom. The van der Waals surface area contributed by atoms with Crippen LogP contribution in [0.25, 0.3) is 21.9 Å². The predicted octanol–water partition coefficient (Wildman–Crippen LogP) is 6.36. The minimum absolute atomic E-state index is 0.599. The van der Waals surface area contributed by atoms with E-state index in [0.29, 0.717) is 28.3 Å². The van der Waals surface area contributed by atoms with E-state index in [9.17, 15) is 0 Å². The van der Waals surface area contributed by atoms with E-state index >= 15 is 4.57 Å². The van der Waals surface area contributed by atoms with Gasteiger partial charge in [0.05, 0.1) is 10.6 Å². The standard InChI is InChI=1S/C28H17O3P/c29-32-25-13-7-6-12-22(25)30-23-16-20(18-8-2-1-3-9-18)17-24(28(23)32)31-27-21-11-5-4-10-19(21)14-15-26(27)32/h1-17H. The Kier molecular flexibility index (Phi) is 3.54. The van der Waals surface area contributed by atoms with Gasteiger partial charge in [0, 0.05) is 5.39 Å². The molecule has 152 valence electrons. The van der Waals surface area contributed by atoms with E-state index in [1.807, 2.05) is 91.0 Å². The molecule has 4 heteroatoms. The van der Waals surface area contributed by atoms with Gasteiger partial charge in [0.15, 0.2) is 7.14 Å². The average molecular weight is 432 g/mol. The van der Waals surface area contributed by atoms with Crippen LogP contribution in [0.3, 0.4) is 0 Å². The summed E-state index contributed by atoms with van der Waals surface area (Å²) in [7, 11) is -3.18. The third-order valence-electron chi connectivity index (χ3n) is 6.30. The summed E-state index contributed by atoms with van der Waals surface area (Å²) in [6, 6.07) is 33.8. The summed E-state index contributed by atoms with van der Waals surface area (Å²) in [6.45, 7) is 0. The number of benzene rings is 5. The smallest absolute Gasteiger partial charge is 0.185 e. The summed E-state index contributed by atoms with van der Waals surface area (Å²) in [5, 5.41) is 4.12. The second-order valence-electron chi connectivity index (χ2n) is 8.10. The molecule has 2 aliphatic heterocycles. The van der Waals surface area contributed by atoms with E-state index in [-0.39, 0.29) is 0 Å². The Balaban J connectivity index is 1.60. The Morgan fingerprint density at radius 1 is 0.562 bits per heavy atom. The van der Waals surface area contributed by atoms with E-state index in [1.165, 1.54) is 0 Å². The first kappa shape index (κ1) is 17.8. The lowest BCUT2D eigenvalue weighted by Crippen LogP contribution is -2.35. The van der Waals surface area contributed by atoms with E-state index < -0.39 is 7.14 Å². The molecule has 0 bridgehead atoms. The molecule has 0 aliphatic carbocycles. The predicted molar refractivity (Wildman–Crippen MR) is 129 cm³/mol. The third kappa shape index (κ3) is 2.29. The minimum atomic E-state index is -3.18. The third-order valence-corrected chi connectivity index (χ3v) is 9.45. The van der Waals surface area contributed by atoms with Gasteiger partial charge >= 0.3 is 0 Å². The zero-order valence-electron chi connectivity index (χ0n) is 17.0. The van der Waals surface area contributed by atoms with Crippen LogP contribution in [0.2, 0.25) is 0 Å². The SMILES string of the molecule is O=P12c3ccccc3Oc3cc(-c4ccccc4)cc(c31)Oc1c2ccc2ccccc12. The van der Waals surface area contributed by atoms with Crippen molar-refractivity contribution in [3.8, 4) is 34.1 Å². The number of fused-ring (bicyclic) bond motifs is 6. The van der Waals surface area contributed by atoms with Gasteiger partial charge in [-0.05, 0) is 46.8 Å². The molecule has 0 radical (unpaired) electrons. The van der Waals surface area contributed by atoms with Crippen LogP contribution >= 0.6 is 7.14 Å². The van der Waals surface area contributed by atoms with Crippen molar-refractivity contribution in [2.75, 3.05) is 0 Å². The zero-order valence-corrected chi connectivity index (χ0v) is 17.9. The Bertz CT molecular complexity index is 1600. The fraction of sp³-hybridized carbons (Fsp3) is 0. The van der Waals surface area contributed by atoms with E-state index in [4.69, 9.17) is 9.47 Å². The summed E-state index contributed by atoms with van der Waals surface area (Å²) in [6.07, 6.45) is 0. The molecule has 2 aliphatic rings. The van der Waals surface area contributed by atoms with Gasteiger partial charge in [0.1, 0.15) is 28.3 Å². The molecule has 3 nitrogen and oxygen atoms in total. The summed E-state index contributed by atoms with van der Waals surface area (Å²) in [5.74, 6) is 2.51. The number of rotatable bonds is 1. The Hall–Kier alpha value is -3.81. The van der Waals surface area contributed by atoms with Gasteiger partial charge in [-0.1, -0.05) is 72.8 Å². The zero-order chi connectivity index (χ0) is 21.3. The molecule has 1 atom stereocenters. The fourth-order valence-electron chi connectivity index (χ4n) is 4.83.